The van der Waals surface area contributed by atoms with Gasteiger partial charge in [-0.15, -0.1) is 11.3 Å². The van der Waals surface area contributed by atoms with Crippen LogP contribution in [0.5, 0.6) is 0 Å². The summed E-state index contributed by atoms with van der Waals surface area (Å²) in [5, 5.41) is 2.37. The molecule has 19 heavy (non-hydrogen) atoms. The second-order valence-corrected chi connectivity index (χ2v) is 6.22. The zero-order chi connectivity index (χ0) is 13.8. The Kier molecular flexibility index (Phi) is 4.90. The van der Waals surface area contributed by atoms with Crippen LogP contribution in [0.15, 0.2) is 5.38 Å². The van der Waals surface area contributed by atoms with E-state index in [0.717, 1.165) is 18.2 Å². The lowest BCUT2D eigenvalue weighted by molar-refractivity contribution is 0.0952. The van der Waals surface area contributed by atoms with Crippen molar-refractivity contribution in [3.63, 3.8) is 0 Å². The number of carbonyl (C=O) groups is 1. The first kappa shape index (κ1) is 14.4. The van der Waals surface area contributed by atoms with Gasteiger partial charge in [0.05, 0.1) is 5.69 Å². The number of carbonyl (C=O) groups excluding carboxylic acids is 1. The Hall–Kier alpha value is -0.980. The lowest BCUT2D eigenvalue weighted by Crippen LogP contribution is -2.38. The molecule has 6 heteroatoms. The Labute approximate surface area is 118 Å². The summed E-state index contributed by atoms with van der Waals surface area (Å²) < 4.78 is 0. The van der Waals surface area contributed by atoms with Crippen molar-refractivity contribution in [2.45, 2.75) is 45.2 Å². The Morgan fingerprint density at radius 3 is 3.00 bits per heavy atom. The van der Waals surface area contributed by atoms with E-state index >= 15 is 0 Å². The number of aromatic nitrogens is 1. The molecule has 1 aliphatic carbocycles. The fourth-order valence-corrected chi connectivity index (χ4v) is 3.58. The molecule has 0 aliphatic heterocycles. The van der Waals surface area contributed by atoms with Crippen LogP contribution in [0.2, 0.25) is 0 Å². The summed E-state index contributed by atoms with van der Waals surface area (Å²) in [7, 11) is 2.15. The molecule has 0 saturated heterocycles. The summed E-state index contributed by atoms with van der Waals surface area (Å²) in [5.74, 6) is 5.53. The van der Waals surface area contributed by atoms with Crippen molar-refractivity contribution in [3.05, 3.63) is 16.1 Å². The standard InChI is InChI=1S/C13H22N4OS/c1-9-5-3-4-6-11(9)17(2)7-10-8-19-13(15-10)12(18)16-14/h8-9,11H,3-7,14H2,1-2H3,(H,16,18). The first-order valence-corrected chi connectivity index (χ1v) is 7.65. The molecule has 1 heterocycles. The minimum absolute atomic E-state index is 0.315. The van der Waals surface area contributed by atoms with Crippen molar-refractivity contribution in [2.75, 3.05) is 7.05 Å². The minimum atomic E-state index is -0.315. The largest absolute Gasteiger partial charge is 0.297 e. The molecule has 1 fully saturated rings. The van der Waals surface area contributed by atoms with Crippen LogP contribution in [0, 0.1) is 5.92 Å². The quantitative estimate of drug-likeness (QED) is 0.501. The Morgan fingerprint density at radius 2 is 2.32 bits per heavy atom. The molecule has 0 spiro atoms. The smallest absolute Gasteiger partial charge is 0.294 e. The molecule has 0 radical (unpaired) electrons. The van der Waals surface area contributed by atoms with Gasteiger partial charge >= 0.3 is 0 Å². The summed E-state index contributed by atoms with van der Waals surface area (Å²) in [6.07, 6.45) is 5.24. The molecule has 1 aliphatic rings. The zero-order valence-electron chi connectivity index (χ0n) is 11.6. The summed E-state index contributed by atoms with van der Waals surface area (Å²) in [6, 6.07) is 0.627. The summed E-state index contributed by atoms with van der Waals surface area (Å²) in [6.45, 7) is 3.12. The molecule has 2 atom stereocenters. The normalized spacial score (nSPS) is 23.6. The van der Waals surface area contributed by atoms with Crippen LogP contribution >= 0.6 is 11.3 Å². The summed E-state index contributed by atoms with van der Waals surface area (Å²) in [5.41, 5.74) is 3.06. The van der Waals surface area contributed by atoms with E-state index in [4.69, 9.17) is 5.84 Å². The van der Waals surface area contributed by atoms with Gasteiger partial charge < -0.3 is 0 Å². The number of nitrogens with two attached hydrogens (primary N) is 1. The molecule has 5 nitrogen and oxygen atoms in total. The third kappa shape index (κ3) is 3.52. The van der Waals surface area contributed by atoms with Gasteiger partial charge in [-0.3, -0.25) is 15.1 Å². The van der Waals surface area contributed by atoms with E-state index < -0.39 is 0 Å². The highest BCUT2D eigenvalue weighted by Gasteiger charge is 2.25. The molecule has 3 N–H and O–H groups in total. The molecule has 1 saturated carbocycles. The third-order valence-electron chi connectivity index (χ3n) is 3.92. The van der Waals surface area contributed by atoms with E-state index in [9.17, 15) is 4.79 Å². The summed E-state index contributed by atoms with van der Waals surface area (Å²) >= 11 is 1.34. The number of rotatable bonds is 4. The average molecular weight is 282 g/mol. The highest BCUT2D eigenvalue weighted by Crippen LogP contribution is 2.28. The Balaban J connectivity index is 1.96. The zero-order valence-corrected chi connectivity index (χ0v) is 12.4. The molecule has 1 amide bonds. The number of amides is 1. The van der Waals surface area contributed by atoms with E-state index in [1.807, 2.05) is 5.38 Å². The van der Waals surface area contributed by atoms with Crippen LogP contribution in [0.4, 0.5) is 0 Å². The number of nitrogen functional groups attached to an aromatic ring is 1. The van der Waals surface area contributed by atoms with Crippen molar-refractivity contribution in [2.24, 2.45) is 11.8 Å². The number of nitrogens with zero attached hydrogens (tertiary/aromatic N) is 2. The highest BCUT2D eigenvalue weighted by molar-refractivity contribution is 7.11. The van der Waals surface area contributed by atoms with Gasteiger partial charge in [0.15, 0.2) is 5.01 Å². The van der Waals surface area contributed by atoms with Crippen LogP contribution in [0.25, 0.3) is 0 Å². The predicted molar refractivity (Wildman–Crippen MR) is 76.7 cm³/mol. The van der Waals surface area contributed by atoms with Gasteiger partial charge in [-0.2, -0.15) is 0 Å². The first-order valence-electron chi connectivity index (χ1n) is 6.77. The van der Waals surface area contributed by atoms with E-state index in [0.29, 0.717) is 11.0 Å². The van der Waals surface area contributed by atoms with Crippen LogP contribution in [0.3, 0.4) is 0 Å². The van der Waals surface area contributed by atoms with E-state index in [1.165, 1.54) is 37.0 Å². The number of nitrogens with one attached hydrogen (secondary N) is 1. The number of hydrazine groups is 1. The van der Waals surface area contributed by atoms with Crippen molar-refractivity contribution in [1.82, 2.24) is 15.3 Å². The second-order valence-electron chi connectivity index (χ2n) is 5.36. The van der Waals surface area contributed by atoms with Crippen molar-refractivity contribution < 1.29 is 4.79 Å². The van der Waals surface area contributed by atoms with Crippen LogP contribution in [-0.4, -0.2) is 28.9 Å². The molecule has 1 aromatic heterocycles. The fraction of sp³-hybridized carbons (Fsp3) is 0.692. The highest BCUT2D eigenvalue weighted by atomic mass is 32.1. The lowest BCUT2D eigenvalue weighted by atomic mass is 9.85. The number of hydrogen-bond acceptors (Lipinski definition) is 5. The van der Waals surface area contributed by atoms with Gasteiger partial charge in [-0.1, -0.05) is 19.8 Å². The van der Waals surface area contributed by atoms with Gasteiger partial charge in [0.1, 0.15) is 0 Å². The summed E-state index contributed by atoms with van der Waals surface area (Å²) in [4.78, 5) is 18.1. The number of hydrogen-bond donors (Lipinski definition) is 2. The molecule has 2 unspecified atom stereocenters. The first-order chi connectivity index (χ1) is 9.11. The van der Waals surface area contributed by atoms with Crippen molar-refractivity contribution >= 4 is 17.2 Å². The molecule has 2 rings (SSSR count). The van der Waals surface area contributed by atoms with Gasteiger partial charge in [-0.25, -0.2) is 10.8 Å². The van der Waals surface area contributed by atoms with E-state index in [1.54, 1.807) is 0 Å². The molecule has 106 valence electrons. The van der Waals surface area contributed by atoms with Gasteiger partial charge in [0.2, 0.25) is 0 Å². The Bertz CT molecular complexity index is 434. The van der Waals surface area contributed by atoms with Crippen molar-refractivity contribution in [1.29, 1.82) is 0 Å². The molecule has 0 bridgehead atoms. The maximum atomic E-state index is 11.4. The van der Waals surface area contributed by atoms with Crippen LogP contribution in [0.1, 0.15) is 48.1 Å². The maximum Gasteiger partial charge on any atom is 0.294 e. The molecule has 1 aromatic rings. The van der Waals surface area contributed by atoms with Gasteiger partial charge in [0.25, 0.3) is 5.91 Å². The van der Waals surface area contributed by atoms with Crippen molar-refractivity contribution in [3.8, 4) is 0 Å². The lowest BCUT2D eigenvalue weighted by Gasteiger charge is -2.35. The minimum Gasteiger partial charge on any atom is -0.297 e. The molecule has 0 aromatic carbocycles. The topological polar surface area (TPSA) is 71.2 Å². The third-order valence-corrected chi connectivity index (χ3v) is 4.81. The van der Waals surface area contributed by atoms with Crippen LogP contribution in [-0.2, 0) is 6.54 Å². The number of thiazole rings is 1. The van der Waals surface area contributed by atoms with Gasteiger partial charge in [-0.05, 0) is 25.8 Å². The molecular weight excluding hydrogens is 260 g/mol. The monoisotopic (exact) mass is 282 g/mol. The van der Waals surface area contributed by atoms with Gasteiger partial charge in [0, 0.05) is 18.0 Å². The fourth-order valence-electron chi connectivity index (χ4n) is 2.87. The average Bonchev–Trinajstić information content (AvgIpc) is 2.86. The van der Waals surface area contributed by atoms with E-state index in [2.05, 4.69) is 29.3 Å². The molecular formula is C13H22N4OS. The maximum absolute atomic E-state index is 11.4. The predicted octanol–water partition coefficient (Wildman–Crippen LogP) is 1.76. The SMILES string of the molecule is CC1CCCCC1N(C)Cc1csc(C(=O)NN)n1. The van der Waals surface area contributed by atoms with E-state index in [-0.39, 0.29) is 5.91 Å². The Morgan fingerprint density at radius 1 is 1.58 bits per heavy atom. The second kappa shape index (κ2) is 6.45. The van der Waals surface area contributed by atoms with Crippen LogP contribution < -0.4 is 11.3 Å².